The van der Waals surface area contributed by atoms with Crippen molar-refractivity contribution in [2.45, 2.75) is 18.0 Å². The highest BCUT2D eigenvalue weighted by Crippen LogP contribution is 2.46. The summed E-state index contributed by atoms with van der Waals surface area (Å²) >= 11 is 0. The zero-order chi connectivity index (χ0) is 22.1. The number of hydrogen-bond donors (Lipinski definition) is 1. The van der Waals surface area contributed by atoms with E-state index in [-0.39, 0.29) is 24.0 Å². The van der Waals surface area contributed by atoms with Crippen LogP contribution in [0.3, 0.4) is 0 Å². The van der Waals surface area contributed by atoms with Crippen molar-refractivity contribution in [3.63, 3.8) is 0 Å². The van der Waals surface area contributed by atoms with E-state index in [4.69, 9.17) is 4.74 Å². The van der Waals surface area contributed by atoms with Crippen LogP contribution in [-0.4, -0.2) is 50.0 Å². The minimum absolute atomic E-state index is 0.110. The molecule has 2 fully saturated rings. The summed E-state index contributed by atoms with van der Waals surface area (Å²) in [6.07, 6.45) is 0.723. The normalized spacial score (nSPS) is 18.7. The first kappa shape index (κ1) is 21.5. The van der Waals surface area contributed by atoms with Crippen LogP contribution in [0.5, 0.6) is 0 Å². The third kappa shape index (κ3) is 4.47. The van der Waals surface area contributed by atoms with E-state index in [1.54, 1.807) is 47.4 Å². The Labute approximate surface area is 180 Å². The molecule has 4 rings (SSSR count). The summed E-state index contributed by atoms with van der Waals surface area (Å²) < 4.78 is 48.1. The van der Waals surface area contributed by atoms with Gasteiger partial charge >= 0.3 is 5.19 Å². The van der Waals surface area contributed by atoms with Crippen LogP contribution in [-0.2, 0) is 14.8 Å². The standard InChI is InChI=1S/C22H23FN2O5S/c23-22(19-11-12-19,31(28,29)24-20(26)17-7-3-1-4-8-17)30-15-16-13-25(14-16)21(27)18-9-5-2-6-10-18/h1-10,16,19H,11-15H2,(H,24,26). The number of alkyl halides is 1. The lowest BCUT2D eigenvalue weighted by atomic mass is 10.00. The van der Waals surface area contributed by atoms with Crippen LogP contribution in [0.4, 0.5) is 4.39 Å². The van der Waals surface area contributed by atoms with Gasteiger partial charge in [-0.1, -0.05) is 36.4 Å². The first-order valence-corrected chi connectivity index (χ1v) is 11.6. The molecule has 7 nitrogen and oxygen atoms in total. The fourth-order valence-corrected chi connectivity index (χ4v) is 4.92. The minimum atomic E-state index is -4.73. The quantitative estimate of drug-likeness (QED) is 0.673. The fourth-order valence-electron chi connectivity index (χ4n) is 3.52. The molecular weight excluding hydrogens is 423 g/mol. The van der Waals surface area contributed by atoms with E-state index in [2.05, 4.69) is 0 Å². The number of amides is 2. The summed E-state index contributed by atoms with van der Waals surface area (Å²) in [4.78, 5) is 26.2. The Balaban J connectivity index is 1.36. The first-order valence-electron chi connectivity index (χ1n) is 10.1. The number of halogens is 1. The molecule has 1 saturated heterocycles. The molecule has 2 amide bonds. The number of nitrogens with one attached hydrogen (secondary N) is 1. The third-order valence-electron chi connectivity index (χ3n) is 5.48. The second-order valence-electron chi connectivity index (χ2n) is 7.91. The van der Waals surface area contributed by atoms with Gasteiger partial charge in [-0.3, -0.25) is 9.59 Å². The van der Waals surface area contributed by atoms with Crippen molar-refractivity contribution in [2.75, 3.05) is 19.7 Å². The molecule has 164 valence electrons. The van der Waals surface area contributed by atoms with E-state index in [1.807, 2.05) is 10.8 Å². The Kier molecular flexibility index (Phi) is 5.81. The van der Waals surface area contributed by atoms with E-state index in [9.17, 15) is 18.0 Å². The smallest absolute Gasteiger partial charge is 0.333 e. The molecule has 1 saturated carbocycles. The van der Waals surface area contributed by atoms with Crippen LogP contribution >= 0.6 is 0 Å². The van der Waals surface area contributed by atoms with Crippen molar-refractivity contribution >= 4 is 21.8 Å². The average Bonchev–Trinajstić information content (AvgIpc) is 3.59. The number of nitrogens with zero attached hydrogens (tertiary/aromatic N) is 1. The van der Waals surface area contributed by atoms with Crippen molar-refractivity contribution < 1.29 is 27.1 Å². The zero-order valence-corrected chi connectivity index (χ0v) is 17.6. The molecule has 9 heteroatoms. The summed E-state index contributed by atoms with van der Waals surface area (Å²) in [7, 11) is -4.73. The van der Waals surface area contributed by atoms with Crippen molar-refractivity contribution in [3.8, 4) is 0 Å². The molecule has 0 bridgehead atoms. The van der Waals surface area contributed by atoms with E-state index < -0.39 is 27.0 Å². The second kappa shape index (κ2) is 8.39. The second-order valence-corrected chi connectivity index (χ2v) is 9.68. The van der Waals surface area contributed by atoms with Crippen LogP contribution in [0.2, 0.25) is 0 Å². The van der Waals surface area contributed by atoms with Gasteiger partial charge in [0.15, 0.2) is 0 Å². The highest BCUT2D eigenvalue weighted by Gasteiger charge is 2.58. The topological polar surface area (TPSA) is 92.8 Å². The largest absolute Gasteiger partial charge is 0.338 e. The molecule has 1 aliphatic carbocycles. The predicted molar refractivity (Wildman–Crippen MR) is 111 cm³/mol. The first-order chi connectivity index (χ1) is 14.8. The zero-order valence-electron chi connectivity index (χ0n) is 16.7. The maximum atomic E-state index is 15.6. The summed E-state index contributed by atoms with van der Waals surface area (Å²) in [5, 5.41) is -2.98. The molecule has 31 heavy (non-hydrogen) atoms. The maximum Gasteiger partial charge on any atom is 0.333 e. The number of sulfonamides is 1. The maximum absolute atomic E-state index is 15.6. The van der Waals surface area contributed by atoms with Crippen molar-refractivity contribution in [1.82, 2.24) is 9.62 Å². The van der Waals surface area contributed by atoms with Gasteiger partial charge in [0.1, 0.15) is 0 Å². The van der Waals surface area contributed by atoms with E-state index in [1.165, 1.54) is 12.1 Å². The molecule has 0 aromatic heterocycles. The van der Waals surface area contributed by atoms with Gasteiger partial charge in [-0.05, 0) is 37.1 Å². The third-order valence-corrected chi connectivity index (χ3v) is 7.11. The van der Waals surface area contributed by atoms with Gasteiger partial charge in [0.05, 0.1) is 6.61 Å². The molecular formula is C22H23FN2O5S. The lowest BCUT2D eigenvalue weighted by Crippen LogP contribution is -2.54. The monoisotopic (exact) mass is 446 g/mol. The lowest BCUT2D eigenvalue weighted by Gasteiger charge is -2.40. The molecule has 2 aromatic carbocycles. The molecule has 0 spiro atoms. The van der Waals surface area contributed by atoms with Gasteiger partial charge in [-0.15, -0.1) is 0 Å². The van der Waals surface area contributed by atoms with Crippen molar-refractivity contribution in [3.05, 3.63) is 71.8 Å². The number of likely N-dealkylation sites (tertiary alicyclic amines) is 1. The van der Waals surface area contributed by atoms with Crippen LogP contribution in [0.1, 0.15) is 33.6 Å². The Morgan fingerprint density at radius 1 is 1.00 bits per heavy atom. The molecule has 1 heterocycles. The molecule has 1 aliphatic heterocycles. The number of rotatable bonds is 8. The average molecular weight is 447 g/mol. The van der Waals surface area contributed by atoms with Gasteiger partial charge in [-0.2, -0.15) is 4.39 Å². The molecule has 1 N–H and O–H groups in total. The molecule has 1 unspecified atom stereocenters. The summed E-state index contributed by atoms with van der Waals surface area (Å²) in [5.41, 5.74) is 0.671. The summed E-state index contributed by atoms with van der Waals surface area (Å²) in [6.45, 7) is 0.543. The number of benzene rings is 2. The molecule has 0 radical (unpaired) electrons. The number of carbonyl (C=O) groups is 2. The number of ether oxygens (including phenoxy) is 1. The van der Waals surface area contributed by atoms with Crippen LogP contribution in [0, 0.1) is 11.8 Å². The summed E-state index contributed by atoms with van der Waals surface area (Å²) in [6, 6.07) is 16.5. The van der Waals surface area contributed by atoms with Gasteiger partial charge in [-0.25, -0.2) is 13.1 Å². The van der Waals surface area contributed by atoms with E-state index in [0.717, 1.165) is 0 Å². The highest BCUT2D eigenvalue weighted by molar-refractivity contribution is 7.91. The Morgan fingerprint density at radius 2 is 1.55 bits per heavy atom. The van der Waals surface area contributed by atoms with Gasteiger partial charge in [0.25, 0.3) is 21.8 Å². The number of carbonyl (C=O) groups excluding carboxylic acids is 2. The molecule has 2 aromatic rings. The van der Waals surface area contributed by atoms with E-state index >= 15 is 4.39 Å². The summed E-state index contributed by atoms with van der Waals surface area (Å²) in [5.74, 6) is -2.04. The van der Waals surface area contributed by atoms with Crippen molar-refractivity contribution in [1.29, 1.82) is 0 Å². The van der Waals surface area contributed by atoms with Crippen LogP contribution in [0.25, 0.3) is 0 Å². The van der Waals surface area contributed by atoms with Crippen LogP contribution in [0.15, 0.2) is 60.7 Å². The van der Waals surface area contributed by atoms with Gasteiger partial charge in [0.2, 0.25) is 0 Å². The Bertz CT molecular complexity index is 1050. The molecule has 1 atom stereocenters. The highest BCUT2D eigenvalue weighted by atomic mass is 32.2. The lowest BCUT2D eigenvalue weighted by molar-refractivity contribution is -0.117. The predicted octanol–water partition coefficient (Wildman–Crippen LogP) is 2.57. The Morgan fingerprint density at radius 3 is 2.10 bits per heavy atom. The van der Waals surface area contributed by atoms with Gasteiger partial charge < -0.3 is 9.64 Å². The molecule has 2 aliphatic rings. The van der Waals surface area contributed by atoms with Crippen LogP contribution < -0.4 is 4.72 Å². The Hall–Kier alpha value is -2.78. The number of hydrogen-bond acceptors (Lipinski definition) is 5. The SMILES string of the molecule is O=C(NS(=O)(=O)C(F)(OCC1CN(C(=O)c2ccccc2)C1)C1CC1)c1ccccc1. The van der Waals surface area contributed by atoms with Gasteiger partial charge in [0, 0.05) is 36.1 Å². The fraction of sp³-hybridized carbons (Fsp3) is 0.364. The minimum Gasteiger partial charge on any atom is -0.338 e. The van der Waals surface area contributed by atoms with Crippen molar-refractivity contribution in [2.24, 2.45) is 11.8 Å². The van der Waals surface area contributed by atoms with E-state index in [0.29, 0.717) is 31.5 Å².